The zero-order valence-corrected chi connectivity index (χ0v) is 49.1. The summed E-state index contributed by atoms with van der Waals surface area (Å²) in [6.45, 7) is 23.6. The van der Waals surface area contributed by atoms with Gasteiger partial charge in [0.2, 0.25) is 29.5 Å². The van der Waals surface area contributed by atoms with Crippen LogP contribution in [0.2, 0.25) is 0 Å². The van der Waals surface area contributed by atoms with E-state index >= 15 is 0 Å². The summed E-state index contributed by atoms with van der Waals surface area (Å²) in [6.07, 6.45) is 5.61. The van der Waals surface area contributed by atoms with Crippen molar-refractivity contribution in [2.45, 2.75) is 90.0 Å². The van der Waals surface area contributed by atoms with Gasteiger partial charge >= 0.3 is 17.1 Å². The molecule has 0 fully saturated rings. The minimum atomic E-state index is -0.771. The first-order chi connectivity index (χ1) is 37.7. The van der Waals surface area contributed by atoms with Gasteiger partial charge in [-0.05, 0) is 64.7 Å². The minimum Gasteiger partial charge on any atom is -0.657 e. The Kier molecular flexibility index (Phi) is 16.2. The second-order valence-electron chi connectivity index (χ2n) is 24.2. The Balaban J connectivity index is 0.00000860. The molecule has 15 heteroatoms. The molecule has 9 rings (SSSR count). The number of anilines is 4. The zero-order valence-electron chi connectivity index (χ0n) is 48.0. The molecule has 8 bridgehead atoms. The Bertz CT molecular complexity index is 3930. The molecule has 5 heterocycles. The van der Waals surface area contributed by atoms with Crippen LogP contribution in [0.25, 0.3) is 90.5 Å². The van der Waals surface area contributed by atoms with E-state index in [0.717, 1.165) is 0 Å². The van der Waals surface area contributed by atoms with Gasteiger partial charge in [0.1, 0.15) is 0 Å². The van der Waals surface area contributed by atoms with Gasteiger partial charge in [0.05, 0.1) is 28.5 Å². The van der Waals surface area contributed by atoms with Crippen LogP contribution in [-0.2, 0) is 41.0 Å². The third-order valence-corrected chi connectivity index (χ3v) is 13.5. The van der Waals surface area contributed by atoms with Crippen molar-refractivity contribution in [3.63, 3.8) is 0 Å². The van der Waals surface area contributed by atoms with Gasteiger partial charge in [-0.25, -0.2) is 9.97 Å². The molecule has 2 aliphatic rings. The number of rotatable bonds is 9. The number of hydrogen-bond donors (Lipinski definition) is 5. The largest absolute Gasteiger partial charge is 2.00 e. The number of hydrogen-bond acceptors (Lipinski definition) is 7. The fourth-order valence-corrected chi connectivity index (χ4v) is 9.03. The van der Waals surface area contributed by atoms with E-state index in [0.29, 0.717) is 118 Å². The van der Waals surface area contributed by atoms with E-state index < -0.39 is 21.7 Å². The Labute approximate surface area is 483 Å². The van der Waals surface area contributed by atoms with Crippen LogP contribution in [0.4, 0.5) is 22.7 Å². The number of nitrogens with one attached hydrogen (secondary N) is 5. The number of nitrogens with zero attached hydrogens (tertiary/aromatic N) is 4. The van der Waals surface area contributed by atoms with Gasteiger partial charge in [0.15, 0.2) is 0 Å². The first-order valence-electron chi connectivity index (χ1n) is 26.7. The van der Waals surface area contributed by atoms with Gasteiger partial charge < -0.3 is 36.6 Å². The van der Waals surface area contributed by atoms with Crippen molar-refractivity contribution in [1.29, 1.82) is 0 Å². The number of carbonyl (C=O) groups is 5. The number of amides is 5. The third-order valence-electron chi connectivity index (χ3n) is 13.5. The van der Waals surface area contributed by atoms with Crippen LogP contribution >= 0.6 is 0 Å². The van der Waals surface area contributed by atoms with Crippen LogP contribution in [0.1, 0.15) is 113 Å². The molecule has 0 saturated carbocycles. The van der Waals surface area contributed by atoms with Gasteiger partial charge in [-0.2, -0.15) is 0 Å². The molecule has 2 aliphatic heterocycles. The maximum absolute atomic E-state index is 13.9. The van der Waals surface area contributed by atoms with Crippen molar-refractivity contribution in [1.82, 2.24) is 25.3 Å². The number of carbonyl (C=O) groups excluding carboxylic acids is 5. The molecular formula is C66H67FeN9O5. The molecular weight excluding hydrogens is 1050 g/mol. The van der Waals surface area contributed by atoms with Crippen LogP contribution in [0.15, 0.2) is 121 Å². The number of aromatic nitrogens is 4. The van der Waals surface area contributed by atoms with Crippen molar-refractivity contribution in [3.05, 3.63) is 144 Å². The third kappa shape index (κ3) is 12.4. The van der Waals surface area contributed by atoms with E-state index in [9.17, 15) is 24.0 Å². The van der Waals surface area contributed by atoms with E-state index in [1.54, 1.807) is 6.08 Å². The van der Waals surface area contributed by atoms with E-state index in [1.165, 1.54) is 6.92 Å². The fraction of sp³-hybridized carbons (Fsp3) is 0.258. The first-order valence-corrected chi connectivity index (χ1v) is 26.7. The normalized spacial score (nSPS) is 12.4. The predicted octanol–water partition coefficient (Wildman–Crippen LogP) is 14.0. The Morgan fingerprint density at radius 1 is 0.370 bits per heavy atom. The smallest absolute Gasteiger partial charge is 0.657 e. The first kappa shape index (κ1) is 58.5. The number of para-hydroxylation sites is 4. The summed E-state index contributed by atoms with van der Waals surface area (Å²) in [5.74, 6) is -1.20. The molecule has 4 aromatic carbocycles. The standard InChI is InChI=1S/C66H69N9O5.Fe/c1-37(76)67-53-36-52-56(40-24-16-20-28-44(40)74-61(79)65(8,9)10)50-33-32-48(69-50)54(38-22-14-18-26-42(38)72-59(77)63(2,3)4)46-30-31-47(68-46)55(39-23-15-19-27-43(39)73-60(78)64(5,6)7)49-34-35-51(70-49)57(58(53)71-52)41-25-17-21-29-45(41)75-62(80)66(11,12)13;/h14-36H,1-13H3,(H7,67,68,69,70,71,72,73,74,75,76,77,78,79,80);/q;+2/p-2. The molecule has 414 valence electrons. The molecule has 14 nitrogen and oxygen atoms in total. The molecule has 0 unspecified atom stereocenters. The van der Waals surface area contributed by atoms with Crippen LogP contribution in [0.5, 0.6) is 0 Å². The van der Waals surface area contributed by atoms with Gasteiger partial charge in [-0.15, -0.1) is 22.1 Å². The zero-order chi connectivity index (χ0) is 57.6. The minimum absolute atomic E-state index is 0. The topological polar surface area (TPSA) is 199 Å². The van der Waals surface area contributed by atoms with Crippen molar-refractivity contribution in [2.24, 2.45) is 21.7 Å². The molecule has 81 heavy (non-hydrogen) atoms. The maximum Gasteiger partial charge on any atom is 2.00 e. The number of benzene rings is 4. The summed E-state index contributed by atoms with van der Waals surface area (Å²) in [5, 5.41) is 15.8. The summed E-state index contributed by atoms with van der Waals surface area (Å²) in [6, 6.07) is 37.4. The average molecular weight is 1120 g/mol. The van der Waals surface area contributed by atoms with Crippen molar-refractivity contribution in [2.75, 3.05) is 21.3 Å². The van der Waals surface area contributed by atoms with E-state index in [-0.39, 0.29) is 46.6 Å². The second-order valence-corrected chi connectivity index (χ2v) is 24.2. The molecule has 0 radical (unpaired) electrons. The molecule has 7 aromatic rings. The van der Waals surface area contributed by atoms with Gasteiger partial charge in [0.25, 0.3) is 0 Å². The van der Waals surface area contributed by atoms with Gasteiger partial charge in [-0.3, -0.25) is 24.0 Å². The van der Waals surface area contributed by atoms with Crippen molar-refractivity contribution in [3.8, 4) is 44.5 Å². The van der Waals surface area contributed by atoms with Gasteiger partial charge in [-0.1, -0.05) is 180 Å². The average Bonchev–Trinajstić information content (AvgIpc) is 4.45. The Morgan fingerprint density at radius 3 is 0.963 bits per heavy atom. The summed E-state index contributed by atoms with van der Waals surface area (Å²) < 4.78 is 0. The summed E-state index contributed by atoms with van der Waals surface area (Å²) in [7, 11) is 0. The monoisotopic (exact) mass is 1120 g/mol. The molecule has 5 N–H and O–H groups in total. The SMILES string of the molecule is CC(=O)NC1=Cc2nc1c(-c1ccccc1NC(=O)C(C)(C)C)c1ccc([n-]1)c(-c1ccccc1NC(=O)C(C)(C)C)c1nc(c(-c3ccccc3NC(=O)C(C)(C)C)c3ccc([n-]3)c2-c2ccccc2NC(=O)C(C)(C)C)C=C1.[Fe+2]. The predicted molar refractivity (Wildman–Crippen MR) is 324 cm³/mol. The number of fused-ring (bicyclic) bond motifs is 8. The summed E-state index contributed by atoms with van der Waals surface area (Å²) in [5.41, 5.74) is 7.62. The van der Waals surface area contributed by atoms with E-state index in [1.807, 2.05) is 217 Å². The molecule has 0 spiro atoms. The summed E-state index contributed by atoms with van der Waals surface area (Å²) in [4.78, 5) is 91.0. The molecule has 0 atom stereocenters. The molecule has 5 amide bonds. The van der Waals surface area contributed by atoms with Gasteiger partial charge in [0, 0.05) is 73.6 Å². The van der Waals surface area contributed by atoms with Crippen LogP contribution in [0.3, 0.4) is 0 Å². The van der Waals surface area contributed by atoms with Crippen LogP contribution in [-0.4, -0.2) is 39.5 Å². The second kappa shape index (κ2) is 22.5. The Hall–Kier alpha value is -8.65. The summed E-state index contributed by atoms with van der Waals surface area (Å²) >= 11 is 0. The molecule has 0 aliphatic carbocycles. The quantitative estimate of drug-likeness (QED) is 0.0873. The Morgan fingerprint density at radius 2 is 0.654 bits per heavy atom. The van der Waals surface area contributed by atoms with Crippen molar-refractivity contribution < 1.29 is 41.0 Å². The van der Waals surface area contributed by atoms with Crippen molar-refractivity contribution >= 4 is 98.3 Å². The molecule has 0 saturated heterocycles. The molecule has 3 aromatic heterocycles. The van der Waals surface area contributed by atoms with E-state index in [4.69, 9.17) is 19.9 Å². The van der Waals surface area contributed by atoms with E-state index in [2.05, 4.69) is 26.6 Å². The van der Waals surface area contributed by atoms with Crippen LogP contribution < -0.4 is 36.6 Å². The van der Waals surface area contributed by atoms with Crippen LogP contribution in [0, 0.1) is 21.7 Å². The maximum atomic E-state index is 13.9. The fourth-order valence-electron chi connectivity index (χ4n) is 9.03.